The molecule has 1 aromatic carbocycles. The Morgan fingerprint density at radius 2 is 1.88 bits per heavy atom. The fourth-order valence-electron chi connectivity index (χ4n) is 2.71. The molecule has 5 nitrogen and oxygen atoms in total. The molecule has 2 aromatic heterocycles. The first-order valence-corrected chi connectivity index (χ1v) is 8.30. The number of benzene rings is 1. The third kappa shape index (κ3) is 3.45. The Bertz CT molecular complexity index is 959. The van der Waals surface area contributed by atoms with Crippen LogP contribution in [-0.2, 0) is 6.54 Å². The maximum absolute atomic E-state index is 13.0. The molecular weight excluding hydrogens is 314 g/mol. The number of amides is 1. The van der Waals surface area contributed by atoms with Crippen molar-refractivity contribution in [3.63, 3.8) is 0 Å². The van der Waals surface area contributed by atoms with Crippen LogP contribution in [-0.4, -0.2) is 26.2 Å². The Morgan fingerprint density at radius 3 is 2.56 bits per heavy atom. The highest BCUT2D eigenvalue weighted by Crippen LogP contribution is 2.13. The number of aryl methyl sites for hydroxylation is 1. The molecule has 2 heterocycles. The highest BCUT2D eigenvalue weighted by Gasteiger charge is 2.22. The fourth-order valence-corrected chi connectivity index (χ4v) is 2.71. The van der Waals surface area contributed by atoms with Gasteiger partial charge in [-0.25, -0.2) is 4.98 Å². The average Bonchev–Trinajstić information content (AvgIpc) is 2.61. The van der Waals surface area contributed by atoms with Gasteiger partial charge in [0.2, 0.25) is 0 Å². The van der Waals surface area contributed by atoms with E-state index in [1.54, 1.807) is 29.3 Å². The van der Waals surface area contributed by atoms with Crippen molar-refractivity contribution in [3.8, 4) is 0 Å². The van der Waals surface area contributed by atoms with Crippen LogP contribution >= 0.6 is 0 Å². The summed E-state index contributed by atoms with van der Waals surface area (Å²) >= 11 is 0. The molecule has 128 valence electrons. The van der Waals surface area contributed by atoms with Crippen molar-refractivity contribution in [2.75, 3.05) is 0 Å². The lowest BCUT2D eigenvalue weighted by atomic mass is 10.1. The quantitative estimate of drug-likeness (QED) is 0.736. The standard InChI is InChI=1S/C20H21N3O2/c1-14(2)23(13-16-9-7-15(3)8-10-16)20(25)17-12-21-18-6-4-5-11-22(18)19(17)24/h4-12,14H,13H2,1-3H3. The first-order valence-electron chi connectivity index (χ1n) is 8.30. The molecule has 0 aliphatic heterocycles. The third-order valence-electron chi connectivity index (χ3n) is 4.20. The normalized spacial score (nSPS) is 11.0. The van der Waals surface area contributed by atoms with Gasteiger partial charge in [-0.1, -0.05) is 35.9 Å². The first-order chi connectivity index (χ1) is 12.0. The number of aromatic nitrogens is 2. The van der Waals surface area contributed by atoms with Crippen molar-refractivity contribution in [2.24, 2.45) is 0 Å². The van der Waals surface area contributed by atoms with Gasteiger partial charge in [-0.15, -0.1) is 0 Å². The van der Waals surface area contributed by atoms with Gasteiger partial charge in [0.1, 0.15) is 11.2 Å². The van der Waals surface area contributed by atoms with Crippen molar-refractivity contribution in [2.45, 2.75) is 33.4 Å². The van der Waals surface area contributed by atoms with Gasteiger partial charge in [0.05, 0.1) is 0 Å². The second kappa shape index (κ2) is 6.89. The summed E-state index contributed by atoms with van der Waals surface area (Å²) in [5.41, 5.74) is 2.47. The number of rotatable bonds is 4. The van der Waals surface area contributed by atoms with Crippen molar-refractivity contribution in [1.29, 1.82) is 0 Å². The summed E-state index contributed by atoms with van der Waals surface area (Å²) in [7, 11) is 0. The van der Waals surface area contributed by atoms with Crippen LogP contribution in [0, 0.1) is 6.92 Å². The van der Waals surface area contributed by atoms with Gasteiger partial charge < -0.3 is 4.90 Å². The van der Waals surface area contributed by atoms with E-state index in [1.807, 2.05) is 45.0 Å². The maximum Gasteiger partial charge on any atom is 0.270 e. The molecule has 3 aromatic rings. The number of carbonyl (C=O) groups excluding carboxylic acids is 1. The van der Waals surface area contributed by atoms with Crippen LogP contribution < -0.4 is 5.56 Å². The van der Waals surface area contributed by atoms with E-state index >= 15 is 0 Å². The Hall–Kier alpha value is -2.95. The molecule has 0 aliphatic carbocycles. The number of hydrogen-bond donors (Lipinski definition) is 0. The van der Waals surface area contributed by atoms with E-state index < -0.39 is 0 Å². The molecule has 0 saturated carbocycles. The lowest BCUT2D eigenvalue weighted by Gasteiger charge is -2.26. The van der Waals surface area contributed by atoms with Gasteiger partial charge >= 0.3 is 0 Å². The second-order valence-electron chi connectivity index (χ2n) is 6.42. The molecule has 0 saturated heterocycles. The minimum atomic E-state index is -0.342. The van der Waals surface area contributed by atoms with Crippen LogP contribution in [0.3, 0.4) is 0 Å². The highest BCUT2D eigenvalue weighted by molar-refractivity contribution is 5.94. The molecule has 5 heteroatoms. The average molecular weight is 335 g/mol. The van der Waals surface area contributed by atoms with Gasteiger partial charge in [-0.05, 0) is 38.5 Å². The molecule has 0 unspecified atom stereocenters. The third-order valence-corrected chi connectivity index (χ3v) is 4.20. The zero-order chi connectivity index (χ0) is 18.0. The molecule has 0 bridgehead atoms. The van der Waals surface area contributed by atoms with E-state index in [2.05, 4.69) is 4.98 Å². The summed E-state index contributed by atoms with van der Waals surface area (Å²) in [5.74, 6) is -0.300. The van der Waals surface area contributed by atoms with E-state index in [-0.39, 0.29) is 23.1 Å². The Kier molecular flexibility index (Phi) is 4.65. The van der Waals surface area contributed by atoms with Crippen LogP contribution in [0.2, 0.25) is 0 Å². The smallest absolute Gasteiger partial charge is 0.270 e. The first kappa shape index (κ1) is 16.9. The Balaban J connectivity index is 1.97. The monoisotopic (exact) mass is 335 g/mol. The molecular formula is C20H21N3O2. The predicted octanol–water partition coefficient (Wildman–Crippen LogP) is 3.05. The Labute approximate surface area is 146 Å². The lowest BCUT2D eigenvalue weighted by Crippen LogP contribution is -2.39. The summed E-state index contributed by atoms with van der Waals surface area (Å²) in [6, 6.07) is 13.3. The van der Waals surface area contributed by atoms with Crippen molar-refractivity contribution in [1.82, 2.24) is 14.3 Å². The highest BCUT2D eigenvalue weighted by atomic mass is 16.2. The summed E-state index contributed by atoms with van der Waals surface area (Å²) in [4.78, 5) is 31.6. The number of pyridine rings is 1. The van der Waals surface area contributed by atoms with Crippen LogP contribution in [0.5, 0.6) is 0 Å². The zero-order valence-corrected chi connectivity index (χ0v) is 14.6. The summed E-state index contributed by atoms with van der Waals surface area (Å²) in [5, 5.41) is 0. The fraction of sp³-hybridized carbons (Fsp3) is 0.250. The molecule has 0 atom stereocenters. The molecule has 0 fully saturated rings. The van der Waals surface area contributed by atoms with E-state index in [1.165, 1.54) is 16.2 Å². The topological polar surface area (TPSA) is 54.7 Å². The Morgan fingerprint density at radius 1 is 1.16 bits per heavy atom. The number of carbonyl (C=O) groups is 1. The van der Waals surface area contributed by atoms with Crippen molar-refractivity contribution < 1.29 is 4.79 Å². The minimum absolute atomic E-state index is 0.0373. The van der Waals surface area contributed by atoms with Crippen LogP contribution in [0.25, 0.3) is 5.65 Å². The van der Waals surface area contributed by atoms with E-state index in [0.29, 0.717) is 12.2 Å². The van der Waals surface area contributed by atoms with E-state index in [9.17, 15) is 9.59 Å². The maximum atomic E-state index is 13.0. The molecule has 25 heavy (non-hydrogen) atoms. The van der Waals surface area contributed by atoms with Gasteiger partial charge in [0.15, 0.2) is 0 Å². The summed E-state index contributed by atoms with van der Waals surface area (Å²) in [6.07, 6.45) is 3.01. The number of fused-ring (bicyclic) bond motifs is 1. The van der Waals surface area contributed by atoms with Crippen molar-refractivity contribution in [3.05, 3.63) is 81.9 Å². The largest absolute Gasteiger partial charge is 0.332 e. The zero-order valence-electron chi connectivity index (χ0n) is 14.6. The van der Waals surface area contributed by atoms with Gasteiger partial charge in [0.25, 0.3) is 11.5 Å². The van der Waals surface area contributed by atoms with Crippen LogP contribution in [0.4, 0.5) is 0 Å². The lowest BCUT2D eigenvalue weighted by molar-refractivity contribution is 0.0688. The molecule has 0 aliphatic rings. The molecule has 0 spiro atoms. The van der Waals surface area contributed by atoms with Crippen LogP contribution in [0.1, 0.15) is 35.3 Å². The molecule has 3 rings (SSSR count). The second-order valence-corrected chi connectivity index (χ2v) is 6.42. The SMILES string of the molecule is Cc1ccc(CN(C(=O)c2cnc3ccccn3c2=O)C(C)C)cc1. The van der Waals surface area contributed by atoms with E-state index in [0.717, 1.165) is 5.56 Å². The predicted molar refractivity (Wildman–Crippen MR) is 97.7 cm³/mol. The van der Waals surface area contributed by atoms with Gasteiger partial charge in [-0.3, -0.25) is 14.0 Å². The van der Waals surface area contributed by atoms with Crippen molar-refractivity contribution >= 4 is 11.6 Å². The van der Waals surface area contributed by atoms with Gasteiger partial charge in [0, 0.05) is 25.0 Å². The molecule has 0 N–H and O–H groups in total. The van der Waals surface area contributed by atoms with Crippen LogP contribution in [0.15, 0.2) is 59.7 Å². The van der Waals surface area contributed by atoms with Gasteiger partial charge in [-0.2, -0.15) is 0 Å². The number of nitrogens with zero attached hydrogens (tertiary/aromatic N) is 3. The summed E-state index contributed by atoms with van der Waals surface area (Å²) in [6.45, 7) is 6.36. The molecule has 0 radical (unpaired) electrons. The minimum Gasteiger partial charge on any atom is -0.332 e. The molecule has 1 amide bonds. The summed E-state index contributed by atoms with van der Waals surface area (Å²) < 4.78 is 1.40. The number of hydrogen-bond acceptors (Lipinski definition) is 3. The van der Waals surface area contributed by atoms with E-state index in [4.69, 9.17) is 0 Å².